The van der Waals surface area contributed by atoms with E-state index < -0.39 is 0 Å². The molecule has 5 nitrogen and oxygen atoms in total. The van der Waals surface area contributed by atoms with Gasteiger partial charge in [-0.3, -0.25) is 4.98 Å². The number of urea groups is 1. The van der Waals surface area contributed by atoms with Gasteiger partial charge < -0.3 is 15.3 Å². The smallest absolute Gasteiger partial charge is 0.318 e. The molecule has 5 heteroatoms. The largest absolute Gasteiger partial charge is 0.393 e. The molecule has 0 radical (unpaired) electrons. The number of rotatable bonds is 2. The zero-order valence-electron chi connectivity index (χ0n) is 10.8. The summed E-state index contributed by atoms with van der Waals surface area (Å²) in [5.74, 6) is 0. The third-order valence-corrected chi connectivity index (χ3v) is 4.15. The van der Waals surface area contributed by atoms with Crippen LogP contribution in [0.3, 0.4) is 0 Å². The van der Waals surface area contributed by atoms with Gasteiger partial charge in [0.15, 0.2) is 0 Å². The number of hydrogen-bond donors (Lipinski definition) is 2. The van der Waals surface area contributed by atoms with Gasteiger partial charge in [-0.25, -0.2) is 4.79 Å². The van der Waals surface area contributed by atoms with Crippen LogP contribution in [-0.4, -0.2) is 39.7 Å². The molecule has 1 aromatic rings. The van der Waals surface area contributed by atoms with E-state index in [1.165, 1.54) is 0 Å². The van der Waals surface area contributed by atoms with Gasteiger partial charge in [0.05, 0.1) is 12.1 Å². The van der Waals surface area contributed by atoms with Crippen LogP contribution in [0, 0.1) is 0 Å². The summed E-state index contributed by atoms with van der Waals surface area (Å²) in [6, 6.07) is 4.23. The fourth-order valence-corrected chi connectivity index (χ4v) is 3.03. The maximum atomic E-state index is 12.1. The molecule has 2 fully saturated rings. The Labute approximate surface area is 112 Å². The fourth-order valence-electron chi connectivity index (χ4n) is 3.03. The predicted octanol–water partition coefficient (Wildman–Crippen LogP) is 1.45. The monoisotopic (exact) mass is 261 g/mol. The van der Waals surface area contributed by atoms with E-state index in [2.05, 4.69) is 10.3 Å². The number of hydrogen-bond acceptors (Lipinski definition) is 3. The summed E-state index contributed by atoms with van der Waals surface area (Å²) in [7, 11) is 0. The van der Waals surface area contributed by atoms with Crippen LogP contribution in [-0.2, 0) is 0 Å². The Morgan fingerprint density at radius 2 is 1.89 bits per heavy atom. The van der Waals surface area contributed by atoms with Gasteiger partial charge in [0.2, 0.25) is 0 Å². The van der Waals surface area contributed by atoms with Crippen molar-refractivity contribution in [2.45, 2.75) is 43.9 Å². The first kappa shape index (κ1) is 12.4. The lowest BCUT2D eigenvalue weighted by molar-refractivity contribution is 0.0907. The maximum Gasteiger partial charge on any atom is 0.318 e. The number of aliphatic hydroxyl groups is 1. The number of nitrogens with one attached hydrogen (secondary N) is 1. The molecule has 2 aliphatic rings. The summed E-state index contributed by atoms with van der Waals surface area (Å²) in [5.41, 5.74) is 1.10. The van der Waals surface area contributed by atoms with Crippen molar-refractivity contribution in [2.24, 2.45) is 0 Å². The van der Waals surface area contributed by atoms with Crippen LogP contribution in [0.5, 0.6) is 0 Å². The van der Waals surface area contributed by atoms with Gasteiger partial charge >= 0.3 is 6.03 Å². The molecule has 2 N–H and O–H groups in total. The molecule has 0 bridgehead atoms. The lowest BCUT2D eigenvalue weighted by Crippen LogP contribution is -2.41. The summed E-state index contributed by atoms with van der Waals surface area (Å²) >= 11 is 0. The topological polar surface area (TPSA) is 65.5 Å². The molecular weight excluding hydrogens is 242 g/mol. The molecule has 1 aromatic heterocycles. The van der Waals surface area contributed by atoms with Crippen molar-refractivity contribution in [1.82, 2.24) is 15.2 Å². The van der Waals surface area contributed by atoms with E-state index in [9.17, 15) is 9.90 Å². The van der Waals surface area contributed by atoms with E-state index in [0.717, 1.165) is 31.2 Å². The molecule has 19 heavy (non-hydrogen) atoms. The third-order valence-electron chi connectivity index (χ3n) is 4.15. The molecule has 1 aliphatic carbocycles. The second kappa shape index (κ2) is 5.17. The van der Waals surface area contributed by atoms with Crippen molar-refractivity contribution < 1.29 is 9.90 Å². The standard InChI is InChI=1S/C14H19N3O2/c18-12-3-1-11(2-4-12)17-9-13(16-14(17)19)10-5-7-15-8-6-10/h5-8,11-13,18H,1-4,9H2,(H,16,19). The quantitative estimate of drug-likeness (QED) is 0.847. The minimum atomic E-state index is -0.182. The first-order valence-corrected chi connectivity index (χ1v) is 6.89. The molecule has 3 rings (SSSR count). The highest BCUT2D eigenvalue weighted by molar-refractivity contribution is 5.77. The van der Waals surface area contributed by atoms with Crippen LogP contribution in [0.2, 0.25) is 0 Å². The zero-order chi connectivity index (χ0) is 13.2. The van der Waals surface area contributed by atoms with Gasteiger partial charge in [-0.2, -0.15) is 0 Å². The second-order valence-electron chi connectivity index (χ2n) is 5.40. The van der Waals surface area contributed by atoms with E-state index in [0.29, 0.717) is 6.54 Å². The van der Waals surface area contributed by atoms with Gasteiger partial charge in [-0.15, -0.1) is 0 Å². The van der Waals surface area contributed by atoms with Crippen LogP contribution in [0.1, 0.15) is 37.3 Å². The van der Waals surface area contributed by atoms with Crippen LogP contribution < -0.4 is 5.32 Å². The number of aliphatic hydroxyl groups excluding tert-OH is 1. The molecule has 0 aromatic carbocycles. The number of carbonyl (C=O) groups excluding carboxylic acids is 1. The van der Waals surface area contributed by atoms with Crippen molar-refractivity contribution in [3.05, 3.63) is 30.1 Å². The van der Waals surface area contributed by atoms with Crippen LogP contribution in [0.4, 0.5) is 4.79 Å². The van der Waals surface area contributed by atoms with Crippen molar-refractivity contribution >= 4 is 6.03 Å². The first-order valence-electron chi connectivity index (χ1n) is 6.89. The van der Waals surface area contributed by atoms with E-state index in [1.54, 1.807) is 12.4 Å². The number of aromatic nitrogens is 1. The molecule has 102 valence electrons. The van der Waals surface area contributed by atoms with Crippen LogP contribution in [0.15, 0.2) is 24.5 Å². The normalized spacial score (nSPS) is 31.3. The Morgan fingerprint density at radius 1 is 1.21 bits per heavy atom. The van der Waals surface area contributed by atoms with Crippen molar-refractivity contribution in [2.75, 3.05) is 6.54 Å². The molecule has 1 saturated heterocycles. The minimum Gasteiger partial charge on any atom is -0.393 e. The average Bonchev–Trinajstić information content (AvgIpc) is 2.83. The molecule has 1 unspecified atom stereocenters. The van der Waals surface area contributed by atoms with Gasteiger partial charge in [0, 0.05) is 25.0 Å². The number of amides is 2. The zero-order valence-corrected chi connectivity index (χ0v) is 10.8. The third kappa shape index (κ3) is 2.56. The van der Waals surface area contributed by atoms with Crippen molar-refractivity contribution in [3.63, 3.8) is 0 Å². The fraction of sp³-hybridized carbons (Fsp3) is 0.571. The molecule has 2 heterocycles. The molecule has 1 atom stereocenters. The Hall–Kier alpha value is -1.62. The number of pyridine rings is 1. The summed E-state index contributed by atoms with van der Waals surface area (Å²) in [4.78, 5) is 18.0. The predicted molar refractivity (Wildman–Crippen MR) is 70.5 cm³/mol. The average molecular weight is 261 g/mol. The molecule has 2 amide bonds. The van der Waals surface area contributed by atoms with E-state index in [4.69, 9.17) is 0 Å². The number of carbonyl (C=O) groups is 1. The molecular formula is C14H19N3O2. The SMILES string of the molecule is O=C1NC(c2ccncc2)CN1C1CCC(O)CC1. The van der Waals surface area contributed by atoms with Gasteiger partial charge in [-0.05, 0) is 43.4 Å². The molecule has 1 aliphatic heterocycles. The summed E-state index contributed by atoms with van der Waals surface area (Å²) in [6.45, 7) is 0.712. The van der Waals surface area contributed by atoms with E-state index >= 15 is 0 Å². The van der Waals surface area contributed by atoms with Gasteiger partial charge in [0.25, 0.3) is 0 Å². The van der Waals surface area contributed by atoms with Gasteiger partial charge in [0.1, 0.15) is 0 Å². The molecule has 1 saturated carbocycles. The second-order valence-corrected chi connectivity index (χ2v) is 5.40. The molecule has 0 spiro atoms. The van der Waals surface area contributed by atoms with E-state index in [1.807, 2.05) is 17.0 Å². The van der Waals surface area contributed by atoms with Crippen molar-refractivity contribution in [3.8, 4) is 0 Å². The lowest BCUT2D eigenvalue weighted by atomic mass is 9.92. The Bertz CT molecular complexity index is 443. The minimum absolute atomic E-state index is 0.0169. The summed E-state index contributed by atoms with van der Waals surface area (Å²) in [6.07, 6.45) is 6.72. The van der Waals surface area contributed by atoms with Crippen LogP contribution >= 0.6 is 0 Å². The first-order chi connectivity index (χ1) is 9.24. The van der Waals surface area contributed by atoms with E-state index in [-0.39, 0.29) is 24.2 Å². The highest BCUT2D eigenvalue weighted by atomic mass is 16.3. The lowest BCUT2D eigenvalue weighted by Gasteiger charge is -2.32. The highest BCUT2D eigenvalue weighted by Gasteiger charge is 2.35. The Balaban J connectivity index is 1.67. The Morgan fingerprint density at radius 3 is 2.58 bits per heavy atom. The maximum absolute atomic E-state index is 12.1. The highest BCUT2D eigenvalue weighted by Crippen LogP contribution is 2.28. The summed E-state index contributed by atoms with van der Waals surface area (Å²) < 4.78 is 0. The Kier molecular flexibility index (Phi) is 3.38. The summed E-state index contributed by atoms with van der Waals surface area (Å²) in [5, 5.41) is 12.6. The number of nitrogens with zero attached hydrogens (tertiary/aromatic N) is 2. The van der Waals surface area contributed by atoms with Crippen molar-refractivity contribution in [1.29, 1.82) is 0 Å². The van der Waals surface area contributed by atoms with Crippen LogP contribution in [0.25, 0.3) is 0 Å². The van der Waals surface area contributed by atoms with Gasteiger partial charge in [-0.1, -0.05) is 0 Å².